The average molecular weight is 927 g/mol. The number of hydrogen-bond acceptors (Lipinski definition) is 6. The molecule has 8 nitrogen and oxygen atoms in total. The Kier molecular flexibility index (Phi) is 46.8. The number of unbranched alkanes of at least 4 members (excludes halogenated alkanes) is 37. The lowest BCUT2D eigenvalue weighted by Crippen LogP contribution is -2.46. The molecule has 0 aromatic rings. The van der Waals surface area contributed by atoms with E-state index in [1.165, 1.54) is 218 Å². The lowest BCUT2D eigenvalue weighted by atomic mass is 10.0. The molecule has 3 unspecified atom stereocenters. The number of carbonyl (C=O) groups is 1. The molecule has 0 heterocycles. The van der Waals surface area contributed by atoms with Crippen LogP contribution in [0.25, 0.3) is 0 Å². The number of aliphatic hydroxyl groups excluding tert-OH is 1. The molecular weight excluding hydrogens is 816 g/mol. The van der Waals surface area contributed by atoms with E-state index >= 15 is 0 Å². The van der Waals surface area contributed by atoms with E-state index in [2.05, 4.69) is 31.3 Å². The molecular formula is C55H111N2O6P. The van der Waals surface area contributed by atoms with Gasteiger partial charge in [0.1, 0.15) is 13.2 Å². The number of rotatable bonds is 52. The maximum atomic E-state index is 13.0. The lowest BCUT2D eigenvalue weighted by Gasteiger charge is -2.30. The maximum absolute atomic E-state index is 13.0. The molecule has 0 fully saturated rings. The fraction of sp³-hybridized carbons (Fsp3) is 0.945. The molecule has 0 saturated carbocycles. The van der Waals surface area contributed by atoms with E-state index in [0.717, 1.165) is 38.5 Å². The highest BCUT2D eigenvalue weighted by atomic mass is 31.2. The van der Waals surface area contributed by atoms with Crippen molar-refractivity contribution in [3.63, 3.8) is 0 Å². The summed E-state index contributed by atoms with van der Waals surface area (Å²) in [5, 5.41) is 14.0. The summed E-state index contributed by atoms with van der Waals surface area (Å²) in [6, 6.07) is -0.799. The van der Waals surface area contributed by atoms with Crippen molar-refractivity contribution >= 4 is 13.7 Å². The predicted molar refractivity (Wildman–Crippen MR) is 275 cm³/mol. The smallest absolute Gasteiger partial charge is 0.268 e. The molecule has 64 heavy (non-hydrogen) atoms. The number of carbonyl (C=O) groups excluding carboxylic acids is 1. The molecule has 0 spiro atoms. The molecule has 0 radical (unpaired) electrons. The van der Waals surface area contributed by atoms with Gasteiger partial charge >= 0.3 is 0 Å². The summed E-state index contributed by atoms with van der Waals surface area (Å²) in [7, 11) is 1.32. The number of allylic oxidation sites excluding steroid dienone is 2. The number of phosphoric acid groups is 1. The summed E-state index contributed by atoms with van der Waals surface area (Å²) >= 11 is 0. The number of aliphatic hydroxyl groups is 1. The van der Waals surface area contributed by atoms with Crippen LogP contribution in [0.1, 0.15) is 284 Å². The predicted octanol–water partition coefficient (Wildman–Crippen LogP) is 16.0. The van der Waals surface area contributed by atoms with Gasteiger partial charge in [0.2, 0.25) is 5.91 Å². The van der Waals surface area contributed by atoms with Crippen LogP contribution in [0.15, 0.2) is 12.2 Å². The molecule has 0 saturated heterocycles. The second-order valence-electron chi connectivity index (χ2n) is 20.6. The quantitative estimate of drug-likeness (QED) is 0.0272. The van der Waals surface area contributed by atoms with Crippen LogP contribution >= 0.6 is 7.82 Å². The molecule has 0 aliphatic heterocycles. The van der Waals surface area contributed by atoms with Gasteiger partial charge in [-0.2, -0.15) is 0 Å². The van der Waals surface area contributed by atoms with Gasteiger partial charge in [-0.1, -0.05) is 251 Å². The largest absolute Gasteiger partial charge is 0.756 e. The van der Waals surface area contributed by atoms with E-state index in [1.807, 2.05) is 21.1 Å². The van der Waals surface area contributed by atoms with Gasteiger partial charge in [-0.05, 0) is 38.5 Å². The minimum absolute atomic E-state index is 0.0140. The molecule has 3 atom stereocenters. The van der Waals surface area contributed by atoms with Crippen molar-refractivity contribution in [1.29, 1.82) is 0 Å². The molecule has 0 aromatic heterocycles. The van der Waals surface area contributed by atoms with Crippen molar-refractivity contribution in [2.45, 2.75) is 296 Å². The Morgan fingerprint density at radius 2 is 0.859 bits per heavy atom. The first-order valence-corrected chi connectivity index (χ1v) is 29.5. The minimum Gasteiger partial charge on any atom is -0.756 e. The Balaban J connectivity index is 4.17. The Hall–Kier alpha value is -0.760. The summed E-state index contributed by atoms with van der Waals surface area (Å²) in [5.41, 5.74) is 0. The summed E-state index contributed by atoms with van der Waals surface area (Å²) in [5.74, 6) is -0.163. The van der Waals surface area contributed by atoms with Gasteiger partial charge in [0, 0.05) is 6.42 Å². The van der Waals surface area contributed by atoms with Crippen LogP contribution in [0.5, 0.6) is 0 Å². The van der Waals surface area contributed by atoms with Gasteiger partial charge in [0.25, 0.3) is 7.82 Å². The molecule has 2 N–H and O–H groups in total. The highest BCUT2D eigenvalue weighted by Gasteiger charge is 2.24. The van der Waals surface area contributed by atoms with Gasteiger partial charge in [0.05, 0.1) is 39.9 Å². The topological polar surface area (TPSA) is 108 Å². The third kappa shape index (κ3) is 49.2. The van der Waals surface area contributed by atoms with E-state index in [1.54, 1.807) is 0 Å². The molecule has 1 amide bonds. The fourth-order valence-electron chi connectivity index (χ4n) is 8.57. The number of hydrogen-bond donors (Lipinski definition) is 2. The average Bonchev–Trinajstić information content (AvgIpc) is 3.25. The van der Waals surface area contributed by atoms with E-state index in [9.17, 15) is 19.4 Å². The summed E-state index contributed by atoms with van der Waals surface area (Å²) in [4.78, 5) is 25.5. The molecule has 0 bridgehead atoms. The van der Waals surface area contributed by atoms with Crippen LogP contribution in [0, 0.1) is 0 Å². The molecule has 9 heteroatoms. The first kappa shape index (κ1) is 63.2. The monoisotopic (exact) mass is 927 g/mol. The SMILES string of the molecule is CCCCCCCCCCCCCC/C=C\CCCCCCCCCCC(=O)NC(COP(=O)([O-])OCC[N+](C)(C)C)C(O)CCCCCCCCCCCCCCCCCCCC. The number of quaternary nitrogens is 1. The van der Waals surface area contributed by atoms with Crippen molar-refractivity contribution in [3.8, 4) is 0 Å². The summed E-state index contributed by atoms with van der Waals surface area (Å²) in [6.45, 7) is 4.76. The Bertz CT molecular complexity index is 1050. The van der Waals surface area contributed by atoms with E-state index in [0.29, 0.717) is 23.9 Å². The maximum Gasteiger partial charge on any atom is 0.268 e. The van der Waals surface area contributed by atoms with Gasteiger partial charge in [-0.15, -0.1) is 0 Å². The van der Waals surface area contributed by atoms with Crippen LogP contribution in [0.4, 0.5) is 0 Å². The van der Waals surface area contributed by atoms with Gasteiger partial charge < -0.3 is 28.8 Å². The first-order chi connectivity index (χ1) is 31.0. The van der Waals surface area contributed by atoms with Crippen LogP contribution < -0.4 is 10.2 Å². The first-order valence-electron chi connectivity index (χ1n) is 28.0. The second-order valence-corrected chi connectivity index (χ2v) is 22.1. The third-order valence-corrected chi connectivity index (χ3v) is 14.0. The van der Waals surface area contributed by atoms with Crippen molar-refractivity contribution < 1.29 is 32.9 Å². The molecule has 0 aromatic carbocycles. The summed E-state index contributed by atoms with van der Waals surface area (Å²) in [6.07, 6.45) is 56.6. The Morgan fingerprint density at radius 1 is 0.531 bits per heavy atom. The number of amides is 1. The van der Waals surface area contributed by atoms with E-state index in [4.69, 9.17) is 9.05 Å². The number of likely N-dealkylation sites (N-methyl/N-ethyl adjacent to an activating group) is 1. The third-order valence-electron chi connectivity index (χ3n) is 13.0. The van der Waals surface area contributed by atoms with E-state index < -0.39 is 20.0 Å². The van der Waals surface area contributed by atoms with Crippen molar-refractivity contribution in [2.75, 3.05) is 40.9 Å². The highest BCUT2D eigenvalue weighted by molar-refractivity contribution is 7.45. The fourth-order valence-corrected chi connectivity index (χ4v) is 9.29. The lowest BCUT2D eigenvalue weighted by molar-refractivity contribution is -0.870. The van der Waals surface area contributed by atoms with Gasteiger partial charge in [0.15, 0.2) is 0 Å². The minimum atomic E-state index is -4.57. The number of nitrogens with one attached hydrogen (secondary N) is 1. The Morgan fingerprint density at radius 3 is 1.22 bits per heavy atom. The second kappa shape index (κ2) is 47.3. The zero-order valence-electron chi connectivity index (χ0n) is 43.5. The van der Waals surface area contributed by atoms with Crippen LogP contribution in [-0.2, 0) is 18.4 Å². The highest BCUT2D eigenvalue weighted by Crippen LogP contribution is 2.38. The molecule has 0 aliphatic rings. The van der Waals surface area contributed by atoms with Crippen molar-refractivity contribution in [3.05, 3.63) is 12.2 Å². The molecule has 0 rings (SSSR count). The van der Waals surface area contributed by atoms with Gasteiger partial charge in [-0.3, -0.25) is 9.36 Å². The van der Waals surface area contributed by atoms with Crippen LogP contribution in [0.2, 0.25) is 0 Å². The summed E-state index contributed by atoms with van der Waals surface area (Å²) < 4.78 is 23.4. The normalized spacial score (nSPS) is 14.0. The van der Waals surface area contributed by atoms with E-state index in [-0.39, 0.29) is 19.1 Å². The molecule has 382 valence electrons. The Labute approximate surface area is 399 Å². The van der Waals surface area contributed by atoms with Crippen molar-refractivity contribution in [2.24, 2.45) is 0 Å². The zero-order chi connectivity index (χ0) is 47.1. The number of nitrogens with zero attached hydrogens (tertiary/aromatic N) is 1. The number of phosphoric ester groups is 1. The van der Waals surface area contributed by atoms with Crippen LogP contribution in [0.3, 0.4) is 0 Å². The molecule has 0 aliphatic carbocycles. The van der Waals surface area contributed by atoms with Crippen molar-refractivity contribution in [1.82, 2.24) is 5.32 Å². The van der Waals surface area contributed by atoms with Crippen LogP contribution in [-0.4, -0.2) is 68.5 Å². The van der Waals surface area contributed by atoms with Gasteiger partial charge in [-0.25, -0.2) is 0 Å². The standard InChI is InChI=1S/C55H111N2O6P/c1-6-8-10-12-14-16-18-20-22-24-26-27-28-29-30-31-33-35-37-39-41-43-45-47-49-55(59)56-53(52-63-64(60,61)62-51-50-57(3,4)5)54(58)48-46-44-42-40-38-36-34-32-25-23-21-19-17-15-13-11-9-7-2/h29-30,53-54,58H,6-28,31-52H2,1-5H3,(H-,56,59,60,61)/b30-29-. The zero-order valence-corrected chi connectivity index (χ0v) is 44.4.